The average molecular weight is 225 g/mol. The fourth-order valence-electron chi connectivity index (χ4n) is 1.64. The molecular formula is C12H19NOS. The van der Waals surface area contributed by atoms with Crippen LogP contribution in [0.25, 0.3) is 0 Å². The highest BCUT2D eigenvalue weighted by Crippen LogP contribution is 2.30. The second kappa shape index (κ2) is 5.42. The molecule has 1 aromatic carbocycles. The minimum absolute atomic E-state index is 0.0502. The van der Waals surface area contributed by atoms with Crippen LogP contribution in [-0.4, -0.2) is 19.1 Å². The third-order valence-corrected chi connectivity index (χ3v) is 3.35. The molecule has 0 aliphatic carbocycles. The first-order valence-corrected chi connectivity index (χ1v) is 6.39. The van der Waals surface area contributed by atoms with Crippen LogP contribution < -0.4 is 10.5 Å². The van der Waals surface area contributed by atoms with Crippen molar-refractivity contribution in [1.29, 1.82) is 0 Å². The Morgan fingerprint density at radius 1 is 1.40 bits per heavy atom. The number of rotatable bonds is 4. The van der Waals surface area contributed by atoms with E-state index in [4.69, 9.17) is 10.5 Å². The van der Waals surface area contributed by atoms with Gasteiger partial charge in [0.15, 0.2) is 0 Å². The lowest BCUT2D eigenvalue weighted by molar-refractivity contribution is 0.403. The summed E-state index contributed by atoms with van der Waals surface area (Å²) in [5, 5.41) is 0. The molecule has 1 rings (SSSR count). The number of ether oxygens (including phenoxy) is 1. The Hall–Kier alpha value is -0.670. The first-order valence-electron chi connectivity index (χ1n) is 5.00. The first kappa shape index (κ1) is 12.4. The molecular weight excluding hydrogens is 206 g/mol. The fourth-order valence-corrected chi connectivity index (χ4v) is 2.18. The number of hydrogen-bond acceptors (Lipinski definition) is 3. The normalized spacial score (nSPS) is 12.6. The van der Waals surface area contributed by atoms with E-state index in [2.05, 4.69) is 32.2 Å². The van der Waals surface area contributed by atoms with Crippen molar-refractivity contribution < 1.29 is 4.74 Å². The summed E-state index contributed by atoms with van der Waals surface area (Å²) in [6, 6.07) is 4.23. The number of thioether (sulfide) groups is 1. The largest absolute Gasteiger partial charge is 0.496 e. The van der Waals surface area contributed by atoms with E-state index in [1.165, 1.54) is 11.1 Å². The molecule has 0 saturated carbocycles. The predicted molar refractivity (Wildman–Crippen MR) is 67.8 cm³/mol. The smallest absolute Gasteiger partial charge is 0.126 e. The number of benzene rings is 1. The Bertz CT molecular complexity index is 339. The second-order valence-corrected chi connectivity index (χ2v) is 4.60. The van der Waals surface area contributed by atoms with Crippen molar-refractivity contribution in [2.24, 2.45) is 5.73 Å². The Morgan fingerprint density at radius 3 is 2.60 bits per heavy atom. The van der Waals surface area contributed by atoms with Gasteiger partial charge in [-0.1, -0.05) is 12.1 Å². The predicted octanol–water partition coefficient (Wildman–Crippen LogP) is 2.67. The third kappa shape index (κ3) is 2.67. The molecule has 0 radical (unpaired) electrons. The lowest BCUT2D eigenvalue weighted by atomic mass is 10.0. The molecule has 1 aromatic rings. The molecule has 2 N–H and O–H groups in total. The number of hydrogen-bond donors (Lipinski definition) is 1. The maximum Gasteiger partial charge on any atom is 0.126 e. The van der Waals surface area contributed by atoms with Crippen molar-refractivity contribution >= 4 is 11.8 Å². The van der Waals surface area contributed by atoms with E-state index in [9.17, 15) is 0 Å². The second-order valence-electron chi connectivity index (χ2n) is 3.69. The van der Waals surface area contributed by atoms with Gasteiger partial charge in [-0.15, -0.1) is 0 Å². The molecule has 0 amide bonds. The summed E-state index contributed by atoms with van der Waals surface area (Å²) in [5.74, 6) is 1.86. The molecule has 0 fully saturated rings. The van der Waals surface area contributed by atoms with Gasteiger partial charge in [0.25, 0.3) is 0 Å². The van der Waals surface area contributed by atoms with Gasteiger partial charge < -0.3 is 10.5 Å². The van der Waals surface area contributed by atoms with E-state index in [1.54, 1.807) is 18.9 Å². The zero-order chi connectivity index (χ0) is 11.4. The Balaban J connectivity index is 3.12. The van der Waals surface area contributed by atoms with Crippen LogP contribution in [0.1, 0.15) is 22.7 Å². The van der Waals surface area contributed by atoms with Gasteiger partial charge in [-0.3, -0.25) is 0 Å². The topological polar surface area (TPSA) is 35.2 Å². The molecule has 0 aliphatic rings. The van der Waals surface area contributed by atoms with Gasteiger partial charge in [-0.2, -0.15) is 11.8 Å². The van der Waals surface area contributed by atoms with E-state index < -0.39 is 0 Å². The zero-order valence-corrected chi connectivity index (χ0v) is 10.6. The summed E-state index contributed by atoms with van der Waals surface area (Å²) in [4.78, 5) is 0. The molecule has 0 spiro atoms. The highest BCUT2D eigenvalue weighted by Gasteiger charge is 2.14. The highest BCUT2D eigenvalue weighted by atomic mass is 32.2. The average Bonchev–Trinajstić information content (AvgIpc) is 2.22. The van der Waals surface area contributed by atoms with Crippen molar-refractivity contribution in [2.75, 3.05) is 19.1 Å². The third-order valence-electron chi connectivity index (χ3n) is 2.66. The first-order chi connectivity index (χ1) is 7.11. The zero-order valence-electron chi connectivity index (χ0n) is 9.83. The van der Waals surface area contributed by atoms with Crippen LogP contribution in [0.5, 0.6) is 5.75 Å². The Morgan fingerprint density at radius 2 is 2.07 bits per heavy atom. The molecule has 0 bridgehead atoms. The van der Waals surface area contributed by atoms with Gasteiger partial charge in [0, 0.05) is 17.4 Å². The SMILES string of the molecule is COc1c(C(N)CSC)ccc(C)c1C. The quantitative estimate of drug-likeness (QED) is 0.855. The van der Waals surface area contributed by atoms with Crippen molar-refractivity contribution in [3.05, 3.63) is 28.8 Å². The Kier molecular flexibility index (Phi) is 4.48. The van der Waals surface area contributed by atoms with Crippen LogP contribution in [0.2, 0.25) is 0 Å². The number of aryl methyl sites for hydroxylation is 1. The number of methoxy groups -OCH3 is 1. The van der Waals surface area contributed by atoms with E-state index in [1.807, 2.05) is 0 Å². The van der Waals surface area contributed by atoms with E-state index in [0.29, 0.717) is 0 Å². The summed E-state index contributed by atoms with van der Waals surface area (Å²) in [7, 11) is 1.71. The lowest BCUT2D eigenvalue weighted by Crippen LogP contribution is -2.14. The van der Waals surface area contributed by atoms with Crippen molar-refractivity contribution in [3.63, 3.8) is 0 Å². The van der Waals surface area contributed by atoms with Crippen LogP contribution >= 0.6 is 11.8 Å². The van der Waals surface area contributed by atoms with Crippen molar-refractivity contribution in [1.82, 2.24) is 0 Å². The molecule has 0 heterocycles. The lowest BCUT2D eigenvalue weighted by Gasteiger charge is -2.17. The van der Waals surface area contributed by atoms with Crippen molar-refractivity contribution in [2.45, 2.75) is 19.9 Å². The molecule has 0 aliphatic heterocycles. The molecule has 15 heavy (non-hydrogen) atoms. The maximum absolute atomic E-state index is 6.10. The summed E-state index contributed by atoms with van der Waals surface area (Å²) >= 11 is 1.75. The van der Waals surface area contributed by atoms with Gasteiger partial charge in [0.05, 0.1) is 7.11 Å². The van der Waals surface area contributed by atoms with Crippen LogP contribution in [-0.2, 0) is 0 Å². The van der Waals surface area contributed by atoms with E-state index in [0.717, 1.165) is 17.1 Å². The summed E-state index contributed by atoms with van der Waals surface area (Å²) < 4.78 is 5.44. The summed E-state index contributed by atoms with van der Waals surface area (Å²) in [5.41, 5.74) is 9.64. The Labute approximate surface area is 96.2 Å². The van der Waals surface area contributed by atoms with Gasteiger partial charge in [-0.25, -0.2) is 0 Å². The number of nitrogens with two attached hydrogens (primary N) is 1. The maximum atomic E-state index is 6.10. The molecule has 1 unspecified atom stereocenters. The highest BCUT2D eigenvalue weighted by molar-refractivity contribution is 7.98. The molecule has 84 valence electrons. The molecule has 1 atom stereocenters. The summed E-state index contributed by atoms with van der Waals surface area (Å²) in [6.07, 6.45) is 2.06. The molecule has 3 heteroatoms. The van der Waals surface area contributed by atoms with Crippen LogP contribution in [0, 0.1) is 13.8 Å². The van der Waals surface area contributed by atoms with Crippen LogP contribution in [0.4, 0.5) is 0 Å². The van der Waals surface area contributed by atoms with Crippen LogP contribution in [0.15, 0.2) is 12.1 Å². The van der Waals surface area contributed by atoms with E-state index >= 15 is 0 Å². The summed E-state index contributed by atoms with van der Waals surface area (Å²) in [6.45, 7) is 4.16. The van der Waals surface area contributed by atoms with Gasteiger partial charge in [0.1, 0.15) is 5.75 Å². The monoisotopic (exact) mass is 225 g/mol. The van der Waals surface area contributed by atoms with Crippen LogP contribution in [0.3, 0.4) is 0 Å². The molecule has 0 aromatic heterocycles. The minimum Gasteiger partial charge on any atom is -0.496 e. The van der Waals surface area contributed by atoms with Crippen molar-refractivity contribution in [3.8, 4) is 5.75 Å². The fraction of sp³-hybridized carbons (Fsp3) is 0.500. The van der Waals surface area contributed by atoms with Gasteiger partial charge in [0.2, 0.25) is 0 Å². The standard InChI is InChI=1S/C12H19NOS/c1-8-5-6-10(11(13)7-15-4)12(14-3)9(8)2/h5-6,11H,7,13H2,1-4H3. The van der Waals surface area contributed by atoms with Gasteiger partial charge in [-0.05, 0) is 31.2 Å². The molecule has 2 nitrogen and oxygen atoms in total. The van der Waals surface area contributed by atoms with Gasteiger partial charge >= 0.3 is 0 Å². The minimum atomic E-state index is 0.0502. The molecule has 0 saturated heterocycles. The van der Waals surface area contributed by atoms with E-state index in [-0.39, 0.29) is 6.04 Å².